The van der Waals surface area contributed by atoms with E-state index in [0.717, 1.165) is 26.6 Å². The van der Waals surface area contributed by atoms with E-state index in [-0.39, 0.29) is 23.8 Å². The number of hydrogen-bond acceptors (Lipinski definition) is 4. The van der Waals surface area contributed by atoms with Gasteiger partial charge in [-0.25, -0.2) is 8.42 Å². The fraction of sp³-hybridized carbons (Fsp3) is 0.278. The average Bonchev–Trinajstić information content (AvgIpc) is 2.99. The molecule has 1 N–H and O–H groups in total. The van der Waals surface area contributed by atoms with Crippen LogP contribution >= 0.6 is 0 Å². The summed E-state index contributed by atoms with van der Waals surface area (Å²) < 4.78 is 29.4. The van der Waals surface area contributed by atoms with Gasteiger partial charge in [0, 0.05) is 18.5 Å². The van der Waals surface area contributed by atoms with Gasteiger partial charge in [0.05, 0.1) is 10.6 Å². The summed E-state index contributed by atoms with van der Waals surface area (Å²) in [6, 6.07) is 31.5. The standard InChI is InChI=1S/C36H41N3O4S/c1-27-21-22-31(23-28(27)2)39(44(42,43)32-19-13-8-14-20-32)26-34(40)38(25-30-17-11-7-12-18-30)33(35(41)37-36(3,4)5)24-29-15-9-6-10-16-29/h6-23,33H,24-26H2,1-5H3,(H,37,41)/t33-/m1/s1. The molecule has 4 aromatic carbocycles. The van der Waals surface area contributed by atoms with E-state index in [1.807, 2.05) is 101 Å². The maximum Gasteiger partial charge on any atom is 0.264 e. The second kappa shape index (κ2) is 13.9. The second-order valence-electron chi connectivity index (χ2n) is 12.0. The molecule has 4 rings (SSSR count). The summed E-state index contributed by atoms with van der Waals surface area (Å²) in [5, 5.41) is 3.05. The third-order valence-electron chi connectivity index (χ3n) is 7.35. The molecule has 0 saturated carbocycles. The van der Waals surface area contributed by atoms with Crippen molar-refractivity contribution in [3.8, 4) is 0 Å². The molecule has 0 unspecified atom stereocenters. The quantitative estimate of drug-likeness (QED) is 0.224. The third-order valence-corrected chi connectivity index (χ3v) is 9.14. The van der Waals surface area contributed by atoms with Crippen LogP contribution in [0.1, 0.15) is 43.0 Å². The van der Waals surface area contributed by atoms with Crippen molar-refractivity contribution in [2.24, 2.45) is 0 Å². The van der Waals surface area contributed by atoms with E-state index in [1.54, 1.807) is 30.3 Å². The predicted molar refractivity (Wildman–Crippen MR) is 176 cm³/mol. The molecule has 1 atom stereocenters. The van der Waals surface area contributed by atoms with Gasteiger partial charge in [-0.2, -0.15) is 0 Å². The first-order valence-corrected chi connectivity index (χ1v) is 16.1. The Morgan fingerprint density at radius 1 is 0.750 bits per heavy atom. The number of rotatable bonds is 11. The van der Waals surface area contributed by atoms with Crippen LogP contribution in [0.3, 0.4) is 0 Å². The molecule has 0 aliphatic heterocycles. The lowest BCUT2D eigenvalue weighted by Crippen LogP contribution is -2.56. The van der Waals surface area contributed by atoms with Gasteiger partial charge in [-0.1, -0.05) is 84.9 Å². The van der Waals surface area contributed by atoms with Gasteiger partial charge in [-0.3, -0.25) is 13.9 Å². The minimum Gasteiger partial charge on any atom is -0.350 e. The Labute approximate surface area is 261 Å². The Hall–Kier alpha value is -4.43. The van der Waals surface area contributed by atoms with Crippen LogP contribution in [0.15, 0.2) is 114 Å². The van der Waals surface area contributed by atoms with Crippen LogP contribution in [0.4, 0.5) is 5.69 Å². The summed E-state index contributed by atoms with van der Waals surface area (Å²) in [4.78, 5) is 30.0. The zero-order valence-electron chi connectivity index (χ0n) is 26.0. The number of nitrogens with one attached hydrogen (secondary N) is 1. The summed E-state index contributed by atoms with van der Waals surface area (Å²) in [7, 11) is -4.13. The molecule has 44 heavy (non-hydrogen) atoms. The SMILES string of the molecule is Cc1ccc(N(CC(=O)N(Cc2ccccc2)[C@H](Cc2ccccc2)C(=O)NC(C)(C)C)S(=O)(=O)c2ccccc2)cc1C. The summed E-state index contributed by atoms with van der Waals surface area (Å²) in [5.74, 6) is -0.800. The molecule has 0 aliphatic carbocycles. The zero-order chi connectivity index (χ0) is 31.9. The van der Waals surface area contributed by atoms with Gasteiger partial charge in [0.2, 0.25) is 11.8 Å². The predicted octanol–water partition coefficient (Wildman–Crippen LogP) is 6.05. The van der Waals surface area contributed by atoms with E-state index in [2.05, 4.69) is 5.32 Å². The second-order valence-corrected chi connectivity index (χ2v) is 13.9. The van der Waals surface area contributed by atoms with Crippen molar-refractivity contribution in [1.82, 2.24) is 10.2 Å². The van der Waals surface area contributed by atoms with Gasteiger partial charge >= 0.3 is 0 Å². The number of amides is 2. The summed E-state index contributed by atoms with van der Waals surface area (Å²) in [6.07, 6.45) is 0.260. The number of carbonyl (C=O) groups is 2. The van der Waals surface area contributed by atoms with E-state index in [0.29, 0.717) is 5.69 Å². The molecule has 8 heteroatoms. The van der Waals surface area contributed by atoms with Crippen molar-refractivity contribution >= 4 is 27.5 Å². The summed E-state index contributed by atoms with van der Waals surface area (Å²) in [6.45, 7) is 9.17. The number of anilines is 1. The van der Waals surface area contributed by atoms with Crippen LogP contribution in [0.5, 0.6) is 0 Å². The molecule has 0 bridgehead atoms. The molecule has 0 aliphatic rings. The Morgan fingerprint density at radius 3 is 1.84 bits per heavy atom. The molecule has 7 nitrogen and oxygen atoms in total. The third kappa shape index (κ3) is 8.35. The number of nitrogens with zero attached hydrogens (tertiary/aromatic N) is 2. The normalized spacial score (nSPS) is 12.3. The Kier molecular flexibility index (Phi) is 10.3. The first kappa shape index (κ1) is 32.5. The van der Waals surface area contributed by atoms with Gasteiger partial charge in [0.25, 0.3) is 10.0 Å². The molecule has 0 spiro atoms. The van der Waals surface area contributed by atoms with Crippen LogP contribution < -0.4 is 9.62 Å². The van der Waals surface area contributed by atoms with Gasteiger partial charge in [-0.15, -0.1) is 0 Å². The molecular formula is C36H41N3O4S. The highest BCUT2D eigenvalue weighted by molar-refractivity contribution is 7.92. The molecule has 0 saturated heterocycles. The van der Waals surface area contributed by atoms with Crippen LogP contribution in [0.2, 0.25) is 0 Å². The van der Waals surface area contributed by atoms with Gasteiger partial charge < -0.3 is 10.2 Å². The number of hydrogen-bond donors (Lipinski definition) is 1. The lowest BCUT2D eigenvalue weighted by Gasteiger charge is -2.35. The minimum atomic E-state index is -4.13. The lowest BCUT2D eigenvalue weighted by molar-refractivity contribution is -0.140. The van der Waals surface area contributed by atoms with E-state index < -0.39 is 34.1 Å². The lowest BCUT2D eigenvalue weighted by atomic mass is 10.0. The van der Waals surface area contributed by atoms with Crippen molar-refractivity contribution in [3.63, 3.8) is 0 Å². The van der Waals surface area contributed by atoms with Crippen molar-refractivity contribution in [2.75, 3.05) is 10.8 Å². The molecular weight excluding hydrogens is 570 g/mol. The molecule has 0 aromatic heterocycles. The fourth-order valence-corrected chi connectivity index (χ4v) is 6.34. The van der Waals surface area contributed by atoms with Crippen LogP contribution in [-0.4, -0.2) is 43.3 Å². The average molecular weight is 612 g/mol. The highest BCUT2D eigenvalue weighted by atomic mass is 32.2. The van der Waals surface area contributed by atoms with Gasteiger partial charge in [0.15, 0.2) is 0 Å². The number of aryl methyl sites for hydroxylation is 2. The maximum atomic E-state index is 14.5. The Balaban J connectivity index is 1.81. The molecule has 0 fully saturated rings. The molecule has 230 valence electrons. The Morgan fingerprint density at radius 2 is 1.30 bits per heavy atom. The first-order valence-electron chi connectivity index (χ1n) is 14.7. The first-order chi connectivity index (χ1) is 20.8. The molecule has 0 heterocycles. The van der Waals surface area contributed by atoms with Crippen LogP contribution in [-0.2, 0) is 32.6 Å². The number of benzene rings is 4. The van der Waals surface area contributed by atoms with E-state index in [1.165, 1.54) is 17.0 Å². The van der Waals surface area contributed by atoms with Gasteiger partial charge in [-0.05, 0) is 81.1 Å². The monoisotopic (exact) mass is 611 g/mol. The molecule has 0 radical (unpaired) electrons. The van der Waals surface area contributed by atoms with Crippen molar-refractivity contribution in [2.45, 2.75) is 64.1 Å². The minimum absolute atomic E-state index is 0.0759. The highest BCUT2D eigenvalue weighted by Gasteiger charge is 2.35. The van der Waals surface area contributed by atoms with Crippen molar-refractivity contribution < 1.29 is 18.0 Å². The smallest absolute Gasteiger partial charge is 0.264 e. The maximum absolute atomic E-state index is 14.5. The topological polar surface area (TPSA) is 86.8 Å². The number of carbonyl (C=O) groups excluding carboxylic acids is 2. The Bertz CT molecular complexity index is 1670. The summed E-state index contributed by atoms with van der Waals surface area (Å²) >= 11 is 0. The number of sulfonamides is 1. The van der Waals surface area contributed by atoms with E-state index >= 15 is 0 Å². The largest absolute Gasteiger partial charge is 0.350 e. The van der Waals surface area contributed by atoms with Crippen LogP contribution in [0, 0.1) is 13.8 Å². The highest BCUT2D eigenvalue weighted by Crippen LogP contribution is 2.27. The van der Waals surface area contributed by atoms with Gasteiger partial charge in [0.1, 0.15) is 12.6 Å². The van der Waals surface area contributed by atoms with E-state index in [9.17, 15) is 18.0 Å². The van der Waals surface area contributed by atoms with Crippen molar-refractivity contribution in [3.05, 3.63) is 131 Å². The van der Waals surface area contributed by atoms with Crippen molar-refractivity contribution in [1.29, 1.82) is 0 Å². The summed E-state index contributed by atoms with van der Waals surface area (Å²) in [5.41, 5.74) is 3.45. The molecule has 4 aromatic rings. The zero-order valence-corrected chi connectivity index (χ0v) is 26.8. The molecule has 2 amide bonds. The van der Waals surface area contributed by atoms with E-state index in [4.69, 9.17) is 0 Å². The van der Waals surface area contributed by atoms with Crippen LogP contribution in [0.25, 0.3) is 0 Å². The fourth-order valence-electron chi connectivity index (χ4n) is 4.92.